The maximum absolute atomic E-state index is 11.8. The molecule has 2 aromatic rings. The Labute approximate surface area is 153 Å². The summed E-state index contributed by atoms with van der Waals surface area (Å²) >= 11 is 1.51. The van der Waals surface area contributed by atoms with Crippen LogP contribution in [-0.2, 0) is 4.79 Å². The Morgan fingerprint density at radius 3 is 2.33 bits per heavy atom. The van der Waals surface area contributed by atoms with Gasteiger partial charge in [-0.15, -0.1) is 12.4 Å². The summed E-state index contributed by atoms with van der Waals surface area (Å²) in [5.74, 6) is -0.0136. The number of nitrogens with zero attached hydrogens (tertiary/aromatic N) is 2. The van der Waals surface area contributed by atoms with E-state index in [9.17, 15) is 4.79 Å². The van der Waals surface area contributed by atoms with Crippen LogP contribution in [0.1, 0.15) is 31.2 Å². The first kappa shape index (κ1) is 20.4. The Morgan fingerprint density at radius 2 is 1.79 bits per heavy atom. The van der Waals surface area contributed by atoms with Gasteiger partial charge in [0, 0.05) is 34.4 Å². The van der Waals surface area contributed by atoms with Crippen molar-refractivity contribution in [3.8, 4) is 0 Å². The number of benzene rings is 1. The lowest BCUT2D eigenvalue weighted by atomic mass is 10.2. The van der Waals surface area contributed by atoms with Gasteiger partial charge in [0.1, 0.15) is 0 Å². The van der Waals surface area contributed by atoms with Crippen LogP contribution < -0.4 is 11.1 Å². The number of hydrogen-bond donors (Lipinski definition) is 2. The van der Waals surface area contributed by atoms with Crippen LogP contribution in [0.5, 0.6) is 0 Å². The normalized spacial score (nSPS) is 11.5. The summed E-state index contributed by atoms with van der Waals surface area (Å²) in [5, 5.41) is 3.60. The van der Waals surface area contributed by atoms with E-state index in [0.717, 1.165) is 27.1 Å². The van der Waals surface area contributed by atoms with E-state index in [0.29, 0.717) is 12.8 Å². The SMILES string of the molecule is Cc1cc(C)nc(Sc2ccc(NC(=O)CCC(C)N)cc2)n1.Cl. The quantitative estimate of drug-likeness (QED) is 0.761. The zero-order valence-corrected chi connectivity index (χ0v) is 15.7. The van der Waals surface area contributed by atoms with E-state index in [-0.39, 0.29) is 24.4 Å². The number of amides is 1. The summed E-state index contributed by atoms with van der Waals surface area (Å²) in [6.07, 6.45) is 1.12. The lowest BCUT2D eigenvalue weighted by Gasteiger charge is -2.08. The smallest absolute Gasteiger partial charge is 0.224 e. The number of rotatable bonds is 6. The topological polar surface area (TPSA) is 80.9 Å². The van der Waals surface area contributed by atoms with Crippen LogP contribution in [0.4, 0.5) is 5.69 Å². The summed E-state index contributed by atoms with van der Waals surface area (Å²) in [6, 6.07) is 9.66. The molecule has 1 unspecified atom stereocenters. The van der Waals surface area contributed by atoms with Gasteiger partial charge in [0.05, 0.1) is 0 Å². The fourth-order valence-corrected chi connectivity index (χ4v) is 2.90. The fraction of sp³-hybridized carbons (Fsp3) is 0.353. The Kier molecular flexibility index (Phi) is 8.18. The highest BCUT2D eigenvalue weighted by atomic mass is 35.5. The molecule has 0 radical (unpaired) electrons. The second-order valence-electron chi connectivity index (χ2n) is 5.62. The molecular weight excluding hydrogens is 344 g/mol. The first-order chi connectivity index (χ1) is 10.9. The van der Waals surface area contributed by atoms with Gasteiger partial charge < -0.3 is 11.1 Å². The van der Waals surface area contributed by atoms with Gasteiger partial charge in [-0.1, -0.05) is 0 Å². The Bertz CT molecular complexity index is 657. The largest absolute Gasteiger partial charge is 0.328 e. The Balaban J connectivity index is 0.00000288. The van der Waals surface area contributed by atoms with Crippen molar-refractivity contribution in [2.24, 2.45) is 5.73 Å². The highest BCUT2D eigenvalue weighted by Crippen LogP contribution is 2.26. The third kappa shape index (κ3) is 6.86. The van der Waals surface area contributed by atoms with Gasteiger partial charge in [-0.3, -0.25) is 4.79 Å². The standard InChI is InChI=1S/C17H22N4OS.ClH/c1-11(18)4-9-16(22)21-14-5-7-15(8-6-14)23-17-19-12(2)10-13(3)20-17;/h5-8,10-11H,4,9,18H2,1-3H3,(H,21,22);1H. The number of halogens is 1. The number of hydrogen-bond acceptors (Lipinski definition) is 5. The molecule has 7 heteroatoms. The molecule has 0 bridgehead atoms. The van der Waals surface area contributed by atoms with E-state index < -0.39 is 0 Å². The summed E-state index contributed by atoms with van der Waals surface area (Å²) in [7, 11) is 0. The van der Waals surface area contributed by atoms with Gasteiger partial charge in [-0.05, 0) is 69.3 Å². The minimum Gasteiger partial charge on any atom is -0.328 e. The zero-order chi connectivity index (χ0) is 16.8. The van der Waals surface area contributed by atoms with Crippen LogP contribution >= 0.6 is 24.2 Å². The zero-order valence-electron chi connectivity index (χ0n) is 14.1. The molecule has 24 heavy (non-hydrogen) atoms. The van der Waals surface area contributed by atoms with Crippen LogP contribution in [0, 0.1) is 13.8 Å². The molecule has 0 aliphatic carbocycles. The fourth-order valence-electron chi connectivity index (χ4n) is 2.03. The molecule has 1 atom stereocenters. The van der Waals surface area contributed by atoms with Crippen molar-refractivity contribution < 1.29 is 4.79 Å². The molecule has 0 saturated heterocycles. The first-order valence-electron chi connectivity index (χ1n) is 7.58. The number of nitrogens with two attached hydrogens (primary N) is 1. The lowest BCUT2D eigenvalue weighted by Crippen LogP contribution is -2.19. The molecule has 130 valence electrons. The van der Waals surface area contributed by atoms with Crippen molar-refractivity contribution in [2.75, 3.05) is 5.32 Å². The van der Waals surface area contributed by atoms with E-state index in [1.54, 1.807) is 0 Å². The molecule has 0 aliphatic rings. The Morgan fingerprint density at radius 1 is 1.21 bits per heavy atom. The van der Waals surface area contributed by atoms with Gasteiger partial charge in [-0.2, -0.15) is 0 Å². The van der Waals surface area contributed by atoms with Gasteiger partial charge in [0.2, 0.25) is 5.91 Å². The molecule has 0 fully saturated rings. The van der Waals surface area contributed by atoms with E-state index in [1.165, 1.54) is 11.8 Å². The minimum absolute atomic E-state index is 0. The molecule has 0 aliphatic heterocycles. The van der Waals surface area contributed by atoms with Crippen molar-refractivity contribution >= 4 is 35.8 Å². The van der Waals surface area contributed by atoms with E-state index >= 15 is 0 Å². The highest BCUT2D eigenvalue weighted by molar-refractivity contribution is 7.99. The van der Waals surface area contributed by atoms with Crippen molar-refractivity contribution in [1.29, 1.82) is 0 Å². The molecule has 1 aromatic carbocycles. The summed E-state index contributed by atoms with van der Waals surface area (Å²) in [6.45, 7) is 5.81. The summed E-state index contributed by atoms with van der Waals surface area (Å²) in [4.78, 5) is 21.6. The molecule has 2 rings (SSSR count). The monoisotopic (exact) mass is 366 g/mol. The maximum Gasteiger partial charge on any atom is 0.224 e. The van der Waals surface area contributed by atoms with Gasteiger partial charge in [0.15, 0.2) is 5.16 Å². The van der Waals surface area contributed by atoms with Crippen LogP contribution in [0.15, 0.2) is 40.4 Å². The average molecular weight is 367 g/mol. The summed E-state index contributed by atoms with van der Waals surface area (Å²) < 4.78 is 0. The second kappa shape index (κ2) is 9.61. The number of nitrogens with one attached hydrogen (secondary N) is 1. The van der Waals surface area contributed by atoms with Gasteiger partial charge >= 0.3 is 0 Å². The van der Waals surface area contributed by atoms with E-state index in [2.05, 4.69) is 15.3 Å². The van der Waals surface area contributed by atoms with Gasteiger partial charge in [-0.25, -0.2) is 9.97 Å². The van der Waals surface area contributed by atoms with E-state index in [4.69, 9.17) is 5.73 Å². The molecule has 0 saturated carbocycles. The van der Waals surface area contributed by atoms with Crippen molar-refractivity contribution in [3.63, 3.8) is 0 Å². The number of aryl methyl sites for hydroxylation is 2. The predicted octanol–water partition coefficient (Wildman–Crippen LogP) is 3.73. The molecular formula is C17H23ClN4OS. The maximum atomic E-state index is 11.8. The van der Waals surface area contributed by atoms with E-state index in [1.807, 2.05) is 51.1 Å². The Hall–Kier alpha value is -1.63. The van der Waals surface area contributed by atoms with Crippen LogP contribution in [-0.4, -0.2) is 21.9 Å². The number of aromatic nitrogens is 2. The van der Waals surface area contributed by atoms with Crippen molar-refractivity contribution in [3.05, 3.63) is 41.7 Å². The number of carbonyl (C=O) groups excluding carboxylic acids is 1. The van der Waals surface area contributed by atoms with Gasteiger partial charge in [0.25, 0.3) is 0 Å². The van der Waals surface area contributed by atoms with Crippen LogP contribution in [0.3, 0.4) is 0 Å². The molecule has 5 nitrogen and oxygen atoms in total. The number of anilines is 1. The first-order valence-corrected chi connectivity index (χ1v) is 8.39. The molecule has 1 amide bonds. The van der Waals surface area contributed by atoms with Crippen LogP contribution in [0.25, 0.3) is 0 Å². The molecule has 1 aromatic heterocycles. The highest BCUT2D eigenvalue weighted by Gasteiger charge is 2.06. The van der Waals surface area contributed by atoms with Crippen LogP contribution in [0.2, 0.25) is 0 Å². The van der Waals surface area contributed by atoms with Crippen molar-refractivity contribution in [1.82, 2.24) is 9.97 Å². The molecule has 0 spiro atoms. The average Bonchev–Trinajstić information content (AvgIpc) is 2.46. The minimum atomic E-state index is -0.0136. The molecule has 1 heterocycles. The molecule has 3 N–H and O–H groups in total. The third-order valence-electron chi connectivity index (χ3n) is 3.14. The second-order valence-corrected chi connectivity index (χ2v) is 6.66. The van der Waals surface area contributed by atoms with Crippen molar-refractivity contribution in [2.45, 2.75) is 49.7 Å². The summed E-state index contributed by atoms with van der Waals surface area (Å²) in [5.41, 5.74) is 8.35. The lowest BCUT2D eigenvalue weighted by molar-refractivity contribution is -0.116. The third-order valence-corrected chi connectivity index (χ3v) is 4.01. The predicted molar refractivity (Wildman–Crippen MR) is 101 cm³/mol. The number of carbonyl (C=O) groups is 1.